The number of piperidine rings is 1. The van der Waals surface area contributed by atoms with Crippen LogP contribution < -0.4 is 10.6 Å². The van der Waals surface area contributed by atoms with E-state index in [0.717, 1.165) is 18.4 Å². The molecule has 0 aromatic heterocycles. The van der Waals surface area contributed by atoms with E-state index in [-0.39, 0.29) is 18.6 Å². The molecule has 0 spiro atoms. The average Bonchev–Trinajstić information content (AvgIpc) is 2.80. The van der Waals surface area contributed by atoms with E-state index in [0.29, 0.717) is 35.8 Å². The maximum Gasteiger partial charge on any atom is 0.319 e. The molecule has 1 aliphatic rings. The molecule has 1 saturated heterocycles. The number of carbonyl (C=O) groups is 2. The van der Waals surface area contributed by atoms with Crippen LogP contribution in [0, 0.1) is 18.3 Å². The van der Waals surface area contributed by atoms with Gasteiger partial charge in [-0.25, -0.2) is 4.79 Å². The molecule has 2 aromatic carbocycles. The van der Waals surface area contributed by atoms with Gasteiger partial charge in [0.05, 0.1) is 24.3 Å². The van der Waals surface area contributed by atoms with Gasteiger partial charge in [0.15, 0.2) is 0 Å². The summed E-state index contributed by atoms with van der Waals surface area (Å²) in [6.07, 6.45) is 1.74. The molecule has 1 atom stereocenters. The monoisotopic (exact) mass is 420 g/mol. The maximum absolute atomic E-state index is 13.0. The van der Waals surface area contributed by atoms with Gasteiger partial charge in [-0.3, -0.25) is 4.79 Å². The fourth-order valence-electron chi connectivity index (χ4n) is 3.75. The number of rotatable bonds is 5. The topological polar surface area (TPSA) is 105 Å². The Kier molecular flexibility index (Phi) is 7.27. The van der Waals surface area contributed by atoms with Crippen molar-refractivity contribution in [2.24, 2.45) is 0 Å². The van der Waals surface area contributed by atoms with Crippen molar-refractivity contribution in [1.82, 2.24) is 10.2 Å². The molecule has 7 nitrogen and oxygen atoms in total. The van der Waals surface area contributed by atoms with E-state index in [1.807, 2.05) is 42.2 Å². The second-order valence-corrected chi connectivity index (χ2v) is 8.01. The van der Waals surface area contributed by atoms with Crippen LogP contribution in [0.25, 0.3) is 0 Å². The zero-order valence-corrected chi connectivity index (χ0v) is 17.9. The number of aryl methyl sites for hydroxylation is 1. The number of hydrogen-bond acceptors (Lipinski definition) is 4. The number of carbonyl (C=O) groups excluding carboxylic acids is 2. The molecule has 0 saturated carbocycles. The lowest BCUT2D eigenvalue weighted by molar-refractivity contribution is 0.0713. The van der Waals surface area contributed by atoms with Crippen molar-refractivity contribution in [3.63, 3.8) is 0 Å². The minimum absolute atomic E-state index is 0.0505. The van der Waals surface area contributed by atoms with Gasteiger partial charge < -0.3 is 20.6 Å². The van der Waals surface area contributed by atoms with Crippen molar-refractivity contribution in [2.45, 2.75) is 38.6 Å². The summed E-state index contributed by atoms with van der Waals surface area (Å²) >= 11 is 0. The molecule has 3 amide bonds. The van der Waals surface area contributed by atoms with Crippen LogP contribution in [-0.4, -0.2) is 47.7 Å². The standard InChI is InChI=1S/C24H28N4O3/c1-16-3-6-21(13-22(16)27-24(31)26-17(2)15-29)23(30)28-11-9-20(10-12-28)19-7-4-18(14-25)5-8-19/h3-8,13,17,20,29H,9-12,15H2,1-2H3,(H2,26,27,31). The van der Waals surface area contributed by atoms with Gasteiger partial charge >= 0.3 is 6.03 Å². The Hall–Kier alpha value is -3.37. The summed E-state index contributed by atoms with van der Waals surface area (Å²) in [7, 11) is 0. The number of hydrogen-bond donors (Lipinski definition) is 3. The van der Waals surface area contributed by atoms with Crippen LogP contribution in [0.1, 0.15) is 52.7 Å². The number of benzene rings is 2. The van der Waals surface area contributed by atoms with Crippen LogP contribution in [0.4, 0.5) is 10.5 Å². The highest BCUT2D eigenvalue weighted by Crippen LogP contribution is 2.29. The van der Waals surface area contributed by atoms with Gasteiger partial charge in [-0.15, -0.1) is 0 Å². The van der Waals surface area contributed by atoms with Crippen molar-refractivity contribution in [3.05, 3.63) is 64.7 Å². The Bertz CT molecular complexity index is 973. The zero-order valence-electron chi connectivity index (χ0n) is 17.9. The lowest BCUT2D eigenvalue weighted by Gasteiger charge is -2.32. The smallest absolute Gasteiger partial charge is 0.319 e. The fourth-order valence-corrected chi connectivity index (χ4v) is 3.75. The second-order valence-electron chi connectivity index (χ2n) is 8.01. The number of nitriles is 1. The number of aliphatic hydroxyl groups excluding tert-OH is 1. The quantitative estimate of drug-likeness (QED) is 0.689. The first kappa shape index (κ1) is 22.3. The molecule has 7 heteroatoms. The number of urea groups is 1. The normalized spacial score (nSPS) is 15.1. The predicted octanol–water partition coefficient (Wildman–Crippen LogP) is 3.39. The van der Waals surface area contributed by atoms with Gasteiger partial charge in [0.1, 0.15) is 0 Å². The van der Waals surface area contributed by atoms with E-state index in [1.165, 1.54) is 5.56 Å². The first-order chi connectivity index (χ1) is 14.9. The summed E-state index contributed by atoms with van der Waals surface area (Å²) in [4.78, 5) is 27.0. The van der Waals surface area contributed by atoms with E-state index < -0.39 is 6.03 Å². The largest absolute Gasteiger partial charge is 0.394 e. The van der Waals surface area contributed by atoms with Crippen LogP contribution in [0.5, 0.6) is 0 Å². The van der Waals surface area contributed by atoms with E-state index in [4.69, 9.17) is 10.4 Å². The summed E-state index contributed by atoms with van der Waals surface area (Å²) in [5, 5.41) is 23.4. The molecule has 1 unspecified atom stereocenters. The second kappa shape index (κ2) is 10.1. The molecule has 0 radical (unpaired) electrons. The molecule has 2 aromatic rings. The lowest BCUT2D eigenvalue weighted by atomic mass is 9.89. The van der Waals surface area contributed by atoms with E-state index in [9.17, 15) is 9.59 Å². The van der Waals surface area contributed by atoms with E-state index in [1.54, 1.807) is 19.1 Å². The van der Waals surface area contributed by atoms with Gasteiger partial charge in [0, 0.05) is 24.3 Å². The Labute approximate surface area is 182 Å². The van der Waals surface area contributed by atoms with Crippen molar-refractivity contribution < 1.29 is 14.7 Å². The lowest BCUT2D eigenvalue weighted by Crippen LogP contribution is -2.39. The number of nitrogens with one attached hydrogen (secondary N) is 2. The molecule has 3 N–H and O–H groups in total. The number of anilines is 1. The minimum Gasteiger partial charge on any atom is -0.394 e. The van der Waals surface area contributed by atoms with Gasteiger partial charge in [-0.2, -0.15) is 5.26 Å². The third-order valence-corrected chi connectivity index (χ3v) is 5.68. The minimum atomic E-state index is -0.419. The third kappa shape index (κ3) is 5.62. The van der Waals surface area contributed by atoms with Gasteiger partial charge in [0.2, 0.25) is 0 Å². The van der Waals surface area contributed by atoms with Crippen molar-refractivity contribution in [1.29, 1.82) is 5.26 Å². The highest BCUT2D eigenvalue weighted by atomic mass is 16.3. The summed E-state index contributed by atoms with van der Waals surface area (Å²) in [6.45, 7) is 4.74. The number of likely N-dealkylation sites (tertiary alicyclic amines) is 1. The van der Waals surface area contributed by atoms with Crippen molar-refractivity contribution in [2.75, 3.05) is 25.0 Å². The van der Waals surface area contributed by atoms with Gasteiger partial charge in [-0.1, -0.05) is 18.2 Å². The van der Waals surface area contributed by atoms with Crippen LogP contribution in [0.3, 0.4) is 0 Å². The Morgan fingerprint density at radius 1 is 1.19 bits per heavy atom. The first-order valence-corrected chi connectivity index (χ1v) is 10.5. The molecule has 31 heavy (non-hydrogen) atoms. The van der Waals surface area contributed by atoms with Crippen LogP contribution in [0.2, 0.25) is 0 Å². The molecule has 1 fully saturated rings. The summed E-state index contributed by atoms with van der Waals surface area (Å²) in [5.41, 5.74) is 3.81. The highest BCUT2D eigenvalue weighted by molar-refractivity contribution is 5.97. The van der Waals surface area contributed by atoms with Crippen LogP contribution in [0.15, 0.2) is 42.5 Å². The first-order valence-electron chi connectivity index (χ1n) is 10.5. The molecular weight excluding hydrogens is 392 g/mol. The summed E-state index contributed by atoms with van der Waals surface area (Å²) in [6, 6.07) is 14.3. The fraction of sp³-hybridized carbons (Fsp3) is 0.375. The molecule has 162 valence electrons. The van der Waals surface area contributed by atoms with Crippen molar-refractivity contribution in [3.8, 4) is 6.07 Å². The SMILES string of the molecule is Cc1ccc(C(=O)N2CCC(c3ccc(C#N)cc3)CC2)cc1NC(=O)NC(C)CO. The molecule has 1 aliphatic heterocycles. The van der Waals surface area contributed by atoms with Crippen LogP contribution >= 0.6 is 0 Å². The Morgan fingerprint density at radius 3 is 2.48 bits per heavy atom. The number of aliphatic hydroxyl groups is 1. The van der Waals surface area contributed by atoms with E-state index in [2.05, 4.69) is 16.7 Å². The molecular formula is C24H28N4O3. The summed E-state index contributed by atoms with van der Waals surface area (Å²) < 4.78 is 0. The third-order valence-electron chi connectivity index (χ3n) is 5.68. The van der Waals surface area contributed by atoms with Gasteiger partial charge in [0.25, 0.3) is 5.91 Å². The maximum atomic E-state index is 13.0. The molecule has 1 heterocycles. The number of amides is 3. The van der Waals surface area contributed by atoms with Crippen molar-refractivity contribution >= 4 is 17.6 Å². The van der Waals surface area contributed by atoms with E-state index >= 15 is 0 Å². The summed E-state index contributed by atoms with van der Waals surface area (Å²) in [5.74, 6) is 0.328. The average molecular weight is 421 g/mol. The predicted molar refractivity (Wildman–Crippen MR) is 119 cm³/mol. The Morgan fingerprint density at radius 2 is 1.87 bits per heavy atom. The molecule has 3 rings (SSSR count). The zero-order chi connectivity index (χ0) is 22.4. The Balaban J connectivity index is 1.62. The van der Waals surface area contributed by atoms with Crippen LogP contribution in [-0.2, 0) is 0 Å². The molecule has 0 aliphatic carbocycles. The molecule has 0 bridgehead atoms. The van der Waals surface area contributed by atoms with Gasteiger partial charge in [-0.05, 0) is 68.0 Å². The number of nitrogens with zero attached hydrogens (tertiary/aromatic N) is 2. The highest BCUT2D eigenvalue weighted by Gasteiger charge is 2.25.